The van der Waals surface area contributed by atoms with E-state index in [2.05, 4.69) is 16.4 Å². The van der Waals surface area contributed by atoms with E-state index in [-0.39, 0.29) is 12.1 Å². The van der Waals surface area contributed by atoms with Crippen molar-refractivity contribution in [2.24, 2.45) is 0 Å². The Hall–Kier alpha value is -2.62. The molecular formula is C17H21N5O2. The lowest BCUT2D eigenvalue weighted by molar-refractivity contribution is 0.0185. The molecule has 0 unspecified atom stereocenters. The first-order valence-electron chi connectivity index (χ1n) is 8.10. The summed E-state index contributed by atoms with van der Waals surface area (Å²) in [5.41, 5.74) is 1.76. The van der Waals surface area contributed by atoms with E-state index in [0.29, 0.717) is 18.7 Å². The number of nitriles is 1. The third-order valence-corrected chi connectivity index (χ3v) is 4.06. The van der Waals surface area contributed by atoms with Crippen molar-refractivity contribution in [3.63, 3.8) is 0 Å². The highest BCUT2D eigenvalue weighted by molar-refractivity contribution is 5.76. The minimum atomic E-state index is -0.482. The number of aromatic nitrogens is 3. The number of hydrogen-bond acceptors (Lipinski definition) is 5. The van der Waals surface area contributed by atoms with Crippen LogP contribution in [0.4, 0.5) is 4.79 Å². The third kappa shape index (κ3) is 3.32. The number of fused-ring (bicyclic) bond motifs is 1. The van der Waals surface area contributed by atoms with Gasteiger partial charge in [0.15, 0.2) is 0 Å². The highest BCUT2D eigenvalue weighted by Gasteiger charge is 2.28. The Morgan fingerprint density at radius 3 is 2.67 bits per heavy atom. The molecule has 24 heavy (non-hydrogen) atoms. The number of hydrogen-bond donors (Lipinski definition) is 0. The first-order chi connectivity index (χ1) is 11.4. The zero-order valence-electron chi connectivity index (χ0n) is 14.2. The highest BCUT2D eigenvalue weighted by atomic mass is 16.6. The van der Waals surface area contributed by atoms with Crippen LogP contribution >= 0.6 is 0 Å². The van der Waals surface area contributed by atoms with E-state index in [1.54, 1.807) is 11.0 Å². The maximum absolute atomic E-state index is 12.1. The molecule has 1 aliphatic heterocycles. The predicted molar refractivity (Wildman–Crippen MR) is 88.3 cm³/mol. The number of carbonyl (C=O) groups is 1. The molecule has 126 valence electrons. The number of rotatable bonds is 1. The molecule has 1 aliphatic rings. The quantitative estimate of drug-likeness (QED) is 0.804. The molecule has 0 radical (unpaired) electrons. The molecule has 1 aromatic heterocycles. The lowest BCUT2D eigenvalue weighted by Gasteiger charge is -2.33. The van der Waals surface area contributed by atoms with E-state index in [4.69, 9.17) is 10.00 Å². The summed E-state index contributed by atoms with van der Waals surface area (Å²) in [6, 6.07) is 7.68. The summed E-state index contributed by atoms with van der Waals surface area (Å²) in [6.07, 6.45) is 1.30. The first kappa shape index (κ1) is 16.2. The van der Waals surface area contributed by atoms with E-state index in [1.807, 2.05) is 37.6 Å². The molecule has 0 N–H and O–H groups in total. The molecule has 1 saturated heterocycles. The minimum absolute atomic E-state index is 0.169. The Morgan fingerprint density at radius 2 is 2.04 bits per heavy atom. The molecule has 3 rings (SSSR count). The van der Waals surface area contributed by atoms with Crippen molar-refractivity contribution in [2.45, 2.75) is 45.3 Å². The number of carbonyl (C=O) groups excluding carboxylic acids is 1. The van der Waals surface area contributed by atoms with Gasteiger partial charge in [-0.15, -0.1) is 5.10 Å². The summed E-state index contributed by atoms with van der Waals surface area (Å²) in [6.45, 7) is 6.85. The molecule has 0 bridgehead atoms. The zero-order valence-corrected chi connectivity index (χ0v) is 14.2. The van der Waals surface area contributed by atoms with Crippen LogP contribution in [0.1, 0.15) is 45.2 Å². The second kappa shape index (κ2) is 6.11. The van der Waals surface area contributed by atoms with Crippen LogP contribution < -0.4 is 0 Å². The maximum Gasteiger partial charge on any atom is 0.410 e. The standard InChI is InChI=1S/C17H21N5O2/c1-17(2,3)24-16(23)21-8-6-13(7-9-21)22-15-10-12(11-18)4-5-14(15)19-20-22/h4-5,10,13H,6-9H2,1-3H3. The molecule has 0 aliphatic carbocycles. The Bertz CT molecular complexity index is 791. The lowest BCUT2D eigenvalue weighted by Crippen LogP contribution is -2.42. The Morgan fingerprint density at radius 1 is 1.33 bits per heavy atom. The summed E-state index contributed by atoms with van der Waals surface area (Å²) in [4.78, 5) is 13.9. The Kier molecular flexibility index (Phi) is 4.14. The smallest absolute Gasteiger partial charge is 0.410 e. The van der Waals surface area contributed by atoms with Crippen molar-refractivity contribution in [1.82, 2.24) is 19.9 Å². The van der Waals surface area contributed by atoms with Crippen LogP contribution in [0.2, 0.25) is 0 Å². The van der Waals surface area contributed by atoms with E-state index >= 15 is 0 Å². The fourth-order valence-corrected chi connectivity index (χ4v) is 2.89. The van der Waals surface area contributed by atoms with Gasteiger partial charge in [-0.25, -0.2) is 9.48 Å². The van der Waals surface area contributed by atoms with Gasteiger partial charge in [0.2, 0.25) is 0 Å². The molecule has 1 amide bonds. The molecule has 7 nitrogen and oxygen atoms in total. The fourth-order valence-electron chi connectivity index (χ4n) is 2.89. The van der Waals surface area contributed by atoms with E-state index in [0.717, 1.165) is 23.9 Å². The average Bonchev–Trinajstić information content (AvgIpc) is 2.96. The van der Waals surface area contributed by atoms with Gasteiger partial charge in [0.1, 0.15) is 11.1 Å². The minimum Gasteiger partial charge on any atom is -0.444 e. The largest absolute Gasteiger partial charge is 0.444 e. The molecule has 1 fully saturated rings. The number of piperidine rings is 1. The second-order valence-electron chi connectivity index (χ2n) is 7.05. The van der Waals surface area contributed by atoms with E-state index in [9.17, 15) is 4.79 Å². The van der Waals surface area contributed by atoms with Crippen molar-refractivity contribution in [3.05, 3.63) is 23.8 Å². The molecule has 7 heteroatoms. The summed E-state index contributed by atoms with van der Waals surface area (Å²) >= 11 is 0. The number of ether oxygens (including phenoxy) is 1. The molecule has 0 saturated carbocycles. The summed E-state index contributed by atoms with van der Waals surface area (Å²) < 4.78 is 7.30. The van der Waals surface area contributed by atoms with Crippen LogP contribution in [0.15, 0.2) is 18.2 Å². The van der Waals surface area contributed by atoms with Gasteiger partial charge in [0.25, 0.3) is 0 Å². The topological polar surface area (TPSA) is 84.0 Å². The van der Waals surface area contributed by atoms with Crippen LogP contribution in [0.25, 0.3) is 11.0 Å². The van der Waals surface area contributed by atoms with Gasteiger partial charge in [-0.3, -0.25) is 0 Å². The Labute approximate surface area is 140 Å². The second-order valence-corrected chi connectivity index (χ2v) is 7.05. The van der Waals surface area contributed by atoms with Gasteiger partial charge in [-0.1, -0.05) is 5.21 Å². The molecular weight excluding hydrogens is 306 g/mol. The van der Waals surface area contributed by atoms with Gasteiger partial charge in [-0.2, -0.15) is 5.26 Å². The van der Waals surface area contributed by atoms with E-state index < -0.39 is 5.60 Å². The first-order valence-corrected chi connectivity index (χ1v) is 8.10. The fraction of sp³-hybridized carbons (Fsp3) is 0.529. The van der Waals surface area contributed by atoms with Gasteiger partial charge in [0.05, 0.1) is 23.2 Å². The molecule has 0 atom stereocenters. The van der Waals surface area contributed by atoms with Gasteiger partial charge in [0, 0.05) is 13.1 Å². The van der Waals surface area contributed by atoms with Crippen molar-refractivity contribution >= 4 is 17.1 Å². The number of likely N-dealkylation sites (tertiary alicyclic amines) is 1. The number of benzene rings is 1. The van der Waals surface area contributed by atoms with Crippen molar-refractivity contribution in [3.8, 4) is 6.07 Å². The highest BCUT2D eigenvalue weighted by Crippen LogP contribution is 2.26. The summed E-state index contributed by atoms with van der Waals surface area (Å²) in [5, 5.41) is 17.5. The molecule has 0 spiro atoms. The summed E-state index contributed by atoms with van der Waals surface area (Å²) in [5.74, 6) is 0. The SMILES string of the molecule is CC(C)(C)OC(=O)N1CCC(n2nnc3ccc(C#N)cc32)CC1. The number of amides is 1. The lowest BCUT2D eigenvalue weighted by atomic mass is 10.1. The van der Waals surface area contributed by atoms with Gasteiger partial charge in [-0.05, 0) is 51.8 Å². The predicted octanol–water partition coefficient (Wildman–Crippen LogP) is 2.87. The van der Waals surface area contributed by atoms with Gasteiger partial charge < -0.3 is 9.64 Å². The Balaban J connectivity index is 1.71. The van der Waals surface area contributed by atoms with Crippen LogP contribution in [-0.4, -0.2) is 44.7 Å². The van der Waals surface area contributed by atoms with Crippen LogP contribution in [0.5, 0.6) is 0 Å². The molecule has 1 aromatic carbocycles. The summed E-state index contributed by atoms with van der Waals surface area (Å²) in [7, 11) is 0. The van der Waals surface area contributed by atoms with Crippen molar-refractivity contribution < 1.29 is 9.53 Å². The van der Waals surface area contributed by atoms with Crippen molar-refractivity contribution in [2.75, 3.05) is 13.1 Å². The van der Waals surface area contributed by atoms with Crippen LogP contribution in [0, 0.1) is 11.3 Å². The number of nitrogens with zero attached hydrogens (tertiary/aromatic N) is 5. The maximum atomic E-state index is 12.1. The van der Waals surface area contributed by atoms with E-state index in [1.165, 1.54) is 0 Å². The van der Waals surface area contributed by atoms with Crippen LogP contribution in [0.3, 0.4) is 0 Å². The van der Waals surface area contributed by atoms with Gasteiger partial charge >= 0.3 is 6.09 Å². The monoisotopic (exact) mass is 327 g/mol. The molecule has 2 heterocycles. The van der Waals surface area contributed by atoms with Crippen LogP contribution in [-0.2, 0) is 4.74 Å². The molecule has 2 aromatic rings. The normalized spacial score (nSPS) is 16.2. The zero-order chi connectivity index (χ0) is 17.3. The van der Waals surface area contributed by atoms with Crippen molar-refractivity contribution in [1.29, 1.82) is 5.26 Å². The average molecular weight is 327 g/mol. The third-order valence-electron chi connectivity index (χ3n) is 4.06.